The van der Waals surface area contributed by atoms with E-state index in [4.69, 9.17) is 9.84 Å². The number of hydrogen-bond acceptors (Lipinski definition) is 2. The Bertz CT molecular complexity index is 636. The van der Waals surface area contributed by atoms with Gasteiger partial charge in [-0.25, -0.2) is 8.78 Å². The summed E-state index contributed by atoms with van der Waals surface area (Å²) < 4.78 is 32.7. The fourth-order valence-electron chi connectivity index (χ4n) is 1.88. The molecular weight excluding hydrogens is 266 g/mol. The molecule has 3 nitrogen and oxygen atoms in total. The highest BCUT2D eigenvalue weighted by Gasteiger charge is 2.13. The van der Waals surface area contributed by atoms with Crippen molar-refractivity contribution in [2.24, 2.45) is 0 Å². The topological polar surface area (TPSA) is 46.5 Å². The van der Waals surface area contributed by atoms with Crippen LogP contribution in [0.25, 0.3) is 11.1 Å². The summed E-state index contributed by atoms with van der Waals surface area (Å²) in [6, 6.07) is 8.41. The maximum atomic E-state index is 14.0. The Kier molecular flexibility index (Phi) is 3.98. The van der Waals surface area contributed by atoms with Crippen molar-refractivity contribution in [1.82, 2.24) is 0 Å². The van der Waals surface area contributed by atoms with Crippen molar-refractivity contribution in [3.63, 3.8) is 0 Å². The fraction of sp³-hybridized carbons (Fsp3) is 0.133. The first-order valence-corrected chi connectivity index (χ1v) is 5.85. The van der Waals surface area contributed by atoms with E-state index >= 15 is 0 Å². The molecule has 2 aromatic carbocycles. The zero-order chi connectivity index (χ0) is 14.7. The molecule has 0 saturated heterocycles. The quantitative estimate of drug-likeness (QED) is 0.933. The van der Waals surface area contributed by atoms with Crippen molar-refractivity contribution in [3.8, 4) is 16.9 Å². The summed E-state index contributed by atoms with van der Waals surface area (Å²) in [4.78, 5) is 10.6. The molecule has 2 rings (SSSR count). The molecule has 0 amide bonds. The van der Waals surface area contributed by atoms with Gasteiger partial charge in [-0.05, 0) is 29.8 Å². The minimum atomic E-state index is -1.21. The Morgan fingerprint density at radius 2 is 1.80 bits per heavy atom. The maximum Gasteiger partial charge on any atom is 0.307 e. The number of carboxylic acids is 1. The van der Waals surface area contributed by atoms with Gasteiger partial charge >= 0.3 is 5.97 Å². The zero-order valence-corrected chi connectivity index (χ0v) is 10.7. The normalized spacial score (nSPS) is 10.3. The van der Waals surface area contributed by atoms with Gasteiger partial charge in [0.15, 0.2) is 0 Å². The zero-order valence-electron chi connectivity index (χ0n) is 10.7. The van der Waals surface area contributed by atoms with E-state index < -0.39 is 24.0 Å². The Labute approximate surface area is 114 Å². The molecule has 104 valence electrons. The first-order valence-electron chi connectivity index (χ1n) is 5.85. The molecule has 0 atom stereocenters. The summed E-state index contributed by atoms with van der Waals surface area (Å²) in [6.45, 7) is 0. The van der Waals surface area contributed by atoms with E-state index in [1.165, 1.54) is 7.11 Å². The standard InChI is InChI=1S/C15H12F2O3/c1-20-11-4-2-9(3-5-11)12-8-13(16)10(6-14(12)17)7-15(18)19/h2-6,8H,7H2,1H3,(H,18,19). The van der Waals surface area contributed by atoms with Crippen LogP contribution in [0.1, 0.15) is 5.56 Å². The van der Waals surface area contributed by atoms with E-state index in [1.807, 2.05) is 0 Å². The predicted octanol–water partition coefficient (Wildman–Crippen LogP) is 3.27. The number of methoxy groups -OCH3 is 1. The molecule has 5 heteroatoms. The number of benzene rings is 2. The lowest BCUT2D eigenvalue weighted by Gasteiger charge is -2.08. The van der Waals surface area contributed by atoms with E-state index in [2.05, 4.69) is 0 Å². The third-order valence-corrected chi connectivity index (χ3v) is 2.88. The molecule has 0 spiro atoms. The van der Waals surface area contributed by atoms with E-state index in [-0.39, 0.29) is 11.1 Å². The highest BCUT2D eigenvalue weighted by molar-refractivity contribution is 5.71. The summed E-state index contributed by atoms with van der Waals surface area (Å²) in [5.41, 5.74) is 0.399. The van der Waals surface area contributed by atoms with Crippen LogP contribution in [0.3, 0.4) is 0 Å². The van der Waals surface area contributed by atoms with E-state index in [9.17, 15) is 13.6 Å². The monoisotopic (exact) mass is 278 g/mol. The molecule has 0 heterocycles. The summed E-state index contributed by atoms with van der Waals surface area (Å²) in [5.74, 6) is -2.00. The largest absolute Gasteiger partial charge is 0.497 e. The second-order valence-electron chi connectivity index (χ2n) is 4.22. The van der Waals surface area contributed by atoms with Gasteiger partial charge in [0.05, 0.1) is 13.5 Å². The van der Waals surface area contributed by atoms with Gasteiger partial charge in [-0.15, -0.1) is 0 Å². The smallest absolute Gasteiger partial charge is 0.307 e. The van der Waals surface area contributed by atoms with E-state index in [0.29, 0.717) is 11.3 Å². The molecule has 0 fully saturated rings. The van der Waals surface area contributed by atoms with Gasteiger partial charge in [-0.1, -0.05) is 12.1 Å². The molecule has 0 bridgehead atoms. The van der Waals surface area contributed by atoms with Gasteiger partial charge in [-0.2, -0.15) is 0 Å². The van der Waals surface area contributed by atoms with Gasteiger partial charge in [-0.3, -0.25) is 4.79 Å². The minimum Gasteiger partial charge on any atom is -0.497 e. The Hall–Kier alpha value is -2.43. The summed E-state index contributed by atoms with van der Waals surface area (Å²) in [7, 11) is 1.51. The average Bonchev–Trinajstić information content (AvgIpc) is 2.42. The molecule has 0 saturated carbocycles. The van der Waals surface area contributed by atoms with Crippen molar-refractivity contribution >= 4 is 5.97 Å². The van der Waals surface area contributed by atoms with Crippen LogP contribution in [0, 0.1) is 11.6 Å². The van der Waals surface area contributed by atoms with Crippen molar-refractivity contribution in [1.29, 1.82) is 0 Å². The third-order valence-electron chi connectivity index (χ3n) is 2.88. The first kappa shape index (κ1) is 14.0. The molecule has 0 radical (unpaired) electrons. The van der Waals surface area contributed by atoms with Crippen molar-refractivity contribution in [2.75, 3.05) is 7.11 Å². The van der Waals surface area contributed by atoms with Crippen LogP contribution in [0.5, 0.6) is 5.75 Å². The predicted molar refractivity (Wildman–Crippen MR) is 69.7 cm³/mol. The molecule has 0 aromatic heterocycles. The van der Waals surface area contributed by atoms with Crippen LogP contribution >= 0.6 is 0 Å². The van der Waals surface area contributed by atoms with Gasteiger partial charge in [0, 0.05) is 11.1 Å². The number of halogens is 2. The molecule has 0 aliphatic rings. The van der Waals surface area contributed by atoms with Crippen LogP contribution in [0.15, 0.2) is 36.4 Å². The van der Waals surface area contributed by atoms with Crippen LogP contribution in [-0.2, 0) is 11.2 Å². The Morgan fingerprint density at radius 1 is 1.15 bits per heavy atom. The fourth-order valence-corrected chi connectivity index (χ4v) is 1.88. The first-order chi connectivity index (χ1) is 9.51. The van der Waals surface area contributed by atoms with E-state index in [1.54, 1.807) is 24.3 Å². The molecule has 1 N–H and O–H groups in total. The Balaban J connectivity index is 2.41. The second-order valence-corrected chi connectivity index (χ2v) is 4.22. The van der Waals surface area contributed by atoms with Gasteiger partial charge in [0.1, 0.15) is 17.4 Å². The lowest BCUT2D eigenvalue weighted by molar-refractivity contribution is -0.136. The van der Waals surface area contributed by atoms with Gasteiger partial charge < -0.3 is 9.84 Å². The highest BCUT2D eigenvalue weighted by atomic mass is 19.1. The third kappa shape index (κ3) is 2.93. The van der Waals surface area contributed by atoms with Crippen molar-refractivity contribution in [3.05, 3.63) is 53.6 Å². The molecule has 0 aliphatic carbocycles. The number of carbonyl (C=O) groups is 1. The molecular formula is C15H12F2O3. The summed E-state index contributed by atoms with van der Waals surface area (Å²) in [5, 5.41) is 8.62. The van der Waals surface area contributed by atoms with Crippen molar-refractivity contribution < 1.29 is 23.4 Å². The van der Waals surface area contributed by atoms with Crippen LogP contribution < -0.4 is 4.74 Å². The molecule has 0 unspecified atom stereocenters. The summed E-state index contributed by atoms with van der Waals surface area (Å²) >= 11 is 0. The summed E-state index contributed by atoms with van der Waals surface area (Å²) in [6.07, 6.45) is -0.550. The number of rotatable bonds is 4. The van der Waals surface area contributed by atoms with Crippen LogP contribution in [0.4, 0.5) is 8.78 Å². The van der Waals surface area contributed by atoms with Gasteiger partial charge in [0.25, 0.3) is 0 Å². The lowest BCUT2D eigenvalue weighted by Crippen LogP contribution is -2.03. The highest BCUT2D eigenvalue weighted by Crippen LogP contribution is 2.27. The maximum absolute atomic E-state index is 14.0. The number of ether oxygens (including phenoxy) is 1. The lowest BCUT2D eigenvalue weighted by atomic mass is 10.0. The van der Waals surface area contributed by atoms with Crippen LogP contribution in [-0.4, -0.2) is 18.2 Å². The van der Waals surface area contributed by atoms with Gasteiger partial charge in [0.2, 0.25) is 0 Å². The number of hydrogen-bond donors (Lipinski definition) is 1. The second kappa shape index (κ2) is 5.69. The average molecular weight is 278 g/mol. The van der Waals surface area contributed by atoms with E-state index in [0.717, 1.165) is 12.1 Å². The van der Waals surface area contributed by atoms with Crippen molar-refractivity contribution in [2.45, 2.75) is 6.42 Å². The van der Waals surface area contributed by atoms with Crippen LogP contribution in [0.2, 0.25) is 0 Å². The molecule has 20 heavy (non-hydrogen) atoms. The Morgan fingerprint density at radius 3 is 2.35 bits per heavy atom. The number of carboxylic acid groups (broad SMARTS) is 1. The minimum absolute atomic E-state index is 0.0827. The molecule has 2 aromatic rings. The molecule has 0 aliphatic heterocycles. The SMILES string of the molecule is COc1ccc(-c2cc(F)c(CC(=O)O)cc2F)cc1. The number of aliphatic carboxylic acids is 1.